The molecule has 0 unspecified atom stereocenters. The van der Waals surface area contributed by atoms with E-state index in [9.17, 15) is 4.79 Å². The topological polar surface area (TPSA) is 58.6 Å². The van der Waals surface area contributed by atoms with Crippen LogP contribution in [0.5, 0.6) is 5.75 Å². The maximum absolute atomic E-state index is 10.6. The second kappa shape index (κ2) is 6.96. The first kappa shape index (κ1) is 17.6. The highest BCUT2D eigenvalue weighted by Crippen LogP contribution is 2.39. The molecule has 0 fully saturated rings. The molecule has 5 heteroatoms. The molecule has 4 nitrogen and oxygen atoms in total. The maximum Gasteiger partial charge on any atom is 0.303 e. The van der Waals surface area contributed by atoms with Gasteiger partial charge in [0, 0.05) is 35.7 Å². The summed E-state index contributed by atoms with van der Waals surface area (Å²) in [5.74, 6) is 0.153. The molecule has 0 bridgehead atoms. The Bertz CT molecular complexity index is 784. The number of nitrogens with one attached hydrogen (secondary N) is 1. The number of rotatable bonds is 6. The van der Waals surface area contributed by atoms with E-state index in [0.717, 1.165) is 39.6 Å². The van der Waals surface area contributed by atoms with E-state index in [0.29, 0.717) is 13.0 Å². The van der Waals surface area contributed by atoms with Crippen molar-refractivity contribution in [3.63, 3.8) is 0 Å². The average molecular weight is 360 g/mol. The quantitative estimate of drug-likeness (QED) is 0.786. The predicted molar refractivity (Wildman–Crippen MR) is 99.6 cm³/mol. The monoisotopic (exact) mass is 359 g/mol. The molecule has 0 amide bonds. The predicted octanol–water partition coefficient (Wildman–Crippen LogP) is 4.68. The second-order valence-corrected chi connectivity index (χ2v) is 7.47. The van der Waals surface area contributed by atoms with Crippen molar-refractivity contribution in [3.05, 3.63) is 58.1 Å². The van der Waals surface area contributed by atoms with Crippen LogP contribution in [0.15, 0.2) is 36.4 Å². The lowest BCUT2D eigenvalue weighted by Crippen LogP contribution is -2.25. The van der Waals surface area contributed by atoms with Crippen molar-refractivity contribution in [2.75, 3.05) is 5.32 Å². The molecule has 2 N–H and O–H groups in total. The molecule has 0 aromatic heterocycles. The Hall–Kier alpha value is -2.20. The van der Waals surface area contributed by atoms with Crippen LogP contribution in [0.4, 0.5) is 5.69 Å². The lowest BCUT2D eigenvalue weighted by atomic mass is 10.0. The summed E-state index contributed by atoms with van der Waals surface area (Å²) in [6, 6.07) is 11.8. The van der Waals surface area contributed by atoms with Crippen LogP contribution < -0.4 is 10.1 Å². The van der Waals surface area contributed by atoms with Crippen LogP contribution in [-0.2, 0) is 24.2 Å². The summed E-state index contributed by atoms with van der Waals surface area (Å²) >= 11 is 6.25. The normalized spacial score (nSPS) is 14.7. The van der Waals surface area contributed by atoms with Crippen molar-refractivity contribution in [2.24, 2.45) is 0 Å². The first-order chi connectivity index (χ1) is 11.8. The number of carboxylic acid groups (broad SMARTS) is 1. The standard InChI is InChI=1S/C20H22ClNO3/c1-20(2)11-14-9-16(21)10-15(19(14)25-20)12-22-17-6-3-13(4-7-17)5-8-18(23)24/h3-4,6-7,9-10,22H,5,8,11-12H2,1-2H3,(H,23,24). The lowest BCUT2D eigenvalue weighted by molar-refractivity contribution is -0.136. The number of anilines is 1. The number of fused-ring (bicyclic) bond motifs is 1. The van der Waals surface area contributed by atoms with E-state index in [2.05, 4.69) is 19.2 Å². The molecule has 1 aliphatic heterocycles. The third kappa shape index (κ3) is 4.45. The molecule has 132 valence electrons. The van der Waals surface area contributed by atoms with E-state index in [1.54, 1.807) is 0 Å². The molecule has 0 saturated heterocycles. The Labute approximate surface area is 152 Å². The first-order valence-electron chi connectivity index (χ1n) is 8.37. The van der Waals surface area contributed by atoms with Gasteiger partial charge in [-0.05, 0) is 55.7 Å². The Balaban J connectivity index is 1.67. The minimum absolute atomic E-state index is 0.147. The highest BCUT2D eigenvalue weighted by molar-refractivity contribution is 6.30. The highest BCUT2D eigenvalue weighted by atomic mass is 35.5. The summed E-state index contributed by atoms with van der Waals surface area (Å²) in [5.41, 5.74) is 3.99. The Kier molecular flexibility index (Phi) is 4.91. The van der Waals surface area contributed by atoms with Crippen LogP contribution in [0.2, 0.25) is 5.02 Å². The Morgan fingerprint density at radius 3 is 2.68 bits per heavy atom. The zero-order valence-corrected chi connectivity index (χ0v) is 15.2. The molecule has 3 rings (SSSR count). The van der Waals surface area contributed by atoms with Crippen molar-refractivity contribution in [3.8, 4) is 5.75 Å². The van der Waals surface area contributed by atoms with Crippen molar-refractivity contribution in [2.45, 2.75) is 45.3 Å². The van der Waals surface area contributed by atoms with Gasteiger partial charge in [0.05, 0.1) is 0 Å². The summed E-state index contributed by atoms with van der Waals surface area (Å²) < 4.78 is 6.09. The van der Waals surface area contributed by atoms with Crippen molar-refractivity contribution in [1.29, 1.82) is 0 Å². The van der Waals surface area contributed by atoms with Gasteiger partial charge in [-0.2, -0.15) is 0 Å². The fraction of sp³-hybridized carbons (Fsp3) is 0.350. The fourth-order valence-corrected chi connectivity index (χ4v) is 3.38. The maximum atomic E-state index is 10.6. The zero-order valence-electron chi connectivity index (χ0n) is 14.4. The Morgan fingerprint density at radius 1 is 1.28 bits per heavy atom. The van der Waals surface area contributed by atoms with Crippen LogP contribution in [0.3, 0.4) is 0 Å². The van der Waals surface area contributed by atoms with E-state index in [1.165, 1.54) is 0 Å². The van der Waals surface area contributed by atoms with Crippen LogP contribution in [0, 0.1) is 0 Å². The van der Waals surface area contributed by atoms with Gasteiger partial charge in [-0.25, -0.2) is 0 Å². The Morgan fingerprint density at radius 2 is 2.00 bits per heavy atom. The molecule has 1 aliphatic rings. The molecular formula is C20H22ClNO3. The van der Waals surface area contributed by atoms with Gasteiger partial charge in [0.2, 0.25) is 0 Å². The molecule has 25 heavy (non-hydrogen) atoms. The molecule has 0 atom stereocenters. The SMILES string of the molecule is CC1(C)Cc2cc(Cl)cc(CNc3ccc(CCC(=O)O)cc3)c2O1. The van der Waals surface area contributed by atoms with Gasteiger partial charge < -0.3 is 15.2 Å². The first-order valence-corrected chi connectivity index (χ1v) is 8.75. The van der Waals surface area contributed by atoms with E-state index >= 15 is 0 Å². The van der Waals surface area contributed by atoms with Crippen molar-refractivity contribution < 1.29 is 14.6 Å². The van der Waals surface area contributed by atoms with Gasteiger partial charge in [0.15, 0.2) is 0 Å². The summed E-state index contributed by atoms with van der Waals surface area (Å²) in [4.78, 5) is 10.6. The number of halogens is 1. The van der Waals surface area contributed by atoms with Crippen LogP contribution in [0.25, 0.3) is 0 Å². The van der Waals surface area contributed by atoms with E-state index in [1.807, 2.05) is 36.4 Å². The minimum Gasteiger partial charge on any atom is -0.487 e. The molecule has 0 saturated carbocycles. The van der Waals surface area contributed by atoms with Gasteiger partial charge >= 0.3 is 5.97 Å². The number of hydrogen-bond donors (Lipinski definition) is 2. The van der Waals surface area contributed by atoms with Gasteiger partial charge in [-0.1, -0.05) is 23.7 Å². The third-order valence-corrected chi connectivity index (χ3v) is 4.48. The molecule has 0 spiro atoms. The van der Waals surface area contributed by atoms with Crippen LogP contribution >= 0.6 is 11.6 Å². The average Bonchev–Trinajstić information content (AvgIpc) is 2.85. The van der Waals surface area contributed by atoms with Crippen LogP contribution in [-0.4, -0.2) is 16.7 Å². The van der Waals surface area contributed by atoms with E-state index in [-0.39, 0.29) is 12.0 Å². The number of benzene rings is 2. The third-order valence-electron chi connectivity index (χ3n) is 4.27. The summed E-state index contributed by atoms with van der Waals surface area (Å²) in [6.45, 7) is 4.77. The number of aliphatic carboxylic acids is 1. The number of aryl methyl sites for hydroxylation is 1. The summed E-state index contributed by atoms with van der Waals surface area (Å²) in [5, 5.41) is 12.8. The lowest BCUT2D eigenvalue weighted by Gasteiger charge is -2.18. The molecule has 2 aromatic rings. The van der Waals surface area contributed by atoms with Crippen molar-refractivity contribution >= 4 is 23.3 Å². The number of hydrogen-bond acceptors (Lipinski definition) is 3. The number of ether oxygens (including phenoxy) is 1. The fourth-order valence-electron chi connectivity index (χ4n) is 3.11. The second-order valence-electron chi connectivity index (χ2n) is 7.04. The number of carboxylic acids is 1. The zero-order chi connectivity index (χ0) is 18.0. The minimum atomic E-state index is -0.778. The molecule has 0 aliphatic carbocycles. The van der Waals surface area contributed by atoms with Gasteiger partial charge in [0.25, 0.3) is 0 Å². The summed E-state index contributed by atoms with van der Waals surface area (Å²) in [6.07, 6.45) is 1.54. The van der Waals surface area contributed by atoms with Gasteiger partial charge in [-0.3, -0.25) is 4.79 Å². The smallest absolute Gasteiger partial charge is 0.303 e. The van der Waals surface area contributed by atoms with Gasteiger partial charge in [-0.15, -0.1) is 0 Å². The van der Waals surface area contributed by atoms with Gasteiger partial charge in [0.1, 0.15) is 11.4 Å². The summed E-state index contributed by atoms with van der Waals surface area (Å²) in [7, 11) is 0. The number of carbonyl (C=O) groups is 1. The van der Waals surface area contributed by atoms with Crippen molar-refractivity contribution in [1.82, 2.24) is 0 Å². The largest absolute Gasteiger partial charge is 0.487 e. The van der Waals surface area contributed by atoms with E-state index < -0.39 is 5.97 Å². The molecular weight excluding hydrogens is 338 g/mol. The molecule has 1 heterocycles. The molecule has 2 aromatic carbocycles. The van der Waals surface area contributed by atoms with Crippen LogP contribution in [0.1, 0.15) is 37.0 Å². The van der Waals surface area contributed by atoms with E-state index in [4.69, 9.17) is 21.4 Å². The highest BCUT2D eigenvalue weighted by Gasteiger charge is 2.32. The molecule has 0 radical (unpaired) electrons.